The molecule has 0 radical (unpaired) electrons. The molecule has 0 atom stereocenters. The molecule has 2 aromatic rings. The smallest absolute Gasteiger partial charge is 0.266 e. The van der Waals surface area contributed by atoms with E-state index in [2.05, 4.69) is 27.9 Å². The Balaban J connectivity index is 1.74. The van der Waals surface area contributed by atoms with Gasteiger partial charge in [-0.3, -0.25) is 14.5 Å². The fraction of sp³-hybridized carbons (Fsp3) is 0.261. The standard InChI is InChI=1S/C23H23IN2O4S2/c1-4-9-26-22(28)19(32-23(26)31)12-15-10-16(24)21(18(11-15)29-3)30-13-20(27)25-17-8-6-5-7-14(17)2/h5-8,10-12H,4,9,13H2,1-3H3,(H,25,27)/b19-12-. The maximum Gasteiger partial charge on any atom is 0.266 e. The summed E-state index contributed by atoms with van der Waals surface area (Å²) in [4.78, 5) is 27.2. The summed E-state index contributed by atoms with van der Waals surface area (Å²) in [6, 6.07) is 11.2. The van der Waals surface area contributed by atoms with Crippen LogP contribution in [0.2, 0.25) is 0 Å². The Labute approximate surface area is 210 Å². The van der Waals surface area contributed by atoms with Crippen LogP contribution in [0.25, 0.3) is 6.08 Å². The first-order chi connectivity index (χ1) is 15.3. The zero-order valence-electron chi connectivity index (χ0n) is 17.9. The van der Waals surface area contributed by atoms with Crippen molar-refractivity contribution in [1.29, 1.82) is 0 Å². The molecule has 32 heavy (non-hydrogen) atoms. The third-order valence-corrected chi connectivity index (χ3v) is 6.82. The number of rotatable bonds is 8. The number of ether oxygens (including phenoxy) is 2. The number of halogens is 1. The van der Waals surface area contributed by atoms with Crippen molar-refractivity contribution in [3.8, 4) is 11.5 Å². The van der Waals surface area contributed by atoms with E-state index in [0.717, 1.165) is 26.8 Å². The Morgan fingerprint density at radius 1 is 1.31 bits per heavy atom. The average Bonchev–Trinajstić information content (AvgIpc) is 3.02. The molecule has 0 bridgehead atoms. The van der Waals surface area contributed by atoms with Gasteiger partial charge in [-0.15, -0.1) is 0 Å². The summed E-state index contributed by atoms with van der Waals surface area (Å²) in [6.07, 6.45) is 2.64. The van der Waals surface area contributed by atoms with Gasteiger partial charge in [-0.05, 0) is 71.3 Å². The molecule has 1 aliphatic rings. The zero-order chi connectivity index (χ0) is 23.3. The highest BCUT2D eigenvalue weighted by Crippen LogP contribution is 2.37. The van der Waals surface area contributed by atoms with E-state index in [9.17, 15) is 9.59 Å². The summed E-state index contributed by atoms with van der Waals surface area (Å²) in [6.45, 7) is 4.39. The third-order valence-electron chi connectivity index (χ3n) is 4.64. The van der Waals surface area contributed by atoms with E-state index in [4.69, 9.17) is 21.7 Å². The number of aryl methyl sites for hydroxylation is 1. The quantitative estimate of drug-likeness (QED) is 0.261. The summed E-state index contributed by atoms with van der Waals surface area (Å²) < 4.78 is 12.6. The lowest BCUT2D eigenvalue weighted by molar-refractivity contribution is -0.122. The number of carbonyl (C=O) groups is 2. The molecule has 168 valence electrons. The van der Waals surface area contributed by atoms with Gasteiger partial charge in [-0.1, -0.05) is 49.1 Å². The minimum absolute atomic E-state index is 0.0796. The molecule has 0 unspecified atom stereocenters. The van der Waals surface area contributed by atoms with Gasteiger partial charge in [-0.25, -0.2) is 0 Å². The number of anilines is 1. The summed E-state index contributed by atoms with van der Waals surface area (Å²) in [5.74, 6) is 0.615. The van der Waals surface area contributed by atoms with Crippen LogP contribution < -0.4 is 14.8 Å². The molecule has 0 spiro atoms. The maximum atomic E-state index is 12.6. The van der Waals surface area contributed by atoms with E-state index in [-0.39, 0.29) is 18.4 Å². The van der Waals surface area contributed by atoms with Gasteiger partial charge in [0.15, 0.2) is 18.1 Å². The van der Waals surface area contributed by atoms with E-state index in [1.54, 1.807) is 17.0 Å². The van der Waals surface area contributed by atoms with Crippen LogP contribution in [0.3, 0.4) is 0 Å². The number of carbonyl (C=O) groups excluding carboxylic acids is 2. The largest absolute Gasteiger partial charge is 0.493 e. The fourth-order valence-electron chi connectivity index (χ4n) is 3.07. The molecule has 0 aromatic heterocycles. The van der Waals surface area contributed by atoms with Crippen molar-refractivity contribution in [2.24, 2.45) is 0 Å². The Hall–Kier alpha value is -2.11. The molecule has 0 saturated carbocycles. The molecule has 3 rings (SSSR count). The third kappa shape index (κ3) is 5.81. The van der Waals surface area contributed by atoms with Gasteiger partial charge in [0.05, 0.1) is 15.6 Å². The number of thiocarbonyl (C=S) groups is 1. The number of benzene rings is 2. The highest BCUT2D eigenvalue weighted by Gasteiger charge is 2.31. The predicted molar refractivity (Wildman–Crippen MR) is 141 cm³/mol. The van der Waals surface area contributed by atoms with E-state index < -0.39 is 0 Å². The monoisotopic (exact) mass is 582 g/mol. The lowest BCUT2D eigenvalue weighted by atomic mass is 10.2. The second kappa shape index (κ2) is 11.2. The van der Waals surface area contributed by atoms with E-state index in [1.165, 1.54) is 18.9 Å². The van der Waals surface area contributed by atoms with E-state index >= 15 is 0 Å². The number of nitrogens with zero attached hydrogens (tertiary/aromatic N) is 1. The molecule has 6 nitrogen and oxygen atoms in total. The Bertz CT molecular complexity index is 1090. The summed E-state index contributed by atoms with van der Waals surface area (Å²) in [5, 5.41) is 2.85. The Kier molecular flexibility index (Phi) is 8.55. The van der Waals surface area contributed by atoms with Crippen LogP contribution in [0.5, 0.6) is 11.5 Å². The van der Waals surface area contributed by atoms with Crippen LogP contribution >= 0.6 is 46.6 Å². The first-order valence-corrected chi connectivity index (χ1v) is 12.3. The molecular formula is C23H23IN2O4S2. The highest BCUT2D eigenvalue weighted by atomic mass is 127. The van der Waals surface area contributed by atoms with Crippen LogP contribution in [-0.2, 0) is 9.59 Å². The van der Waals surface area contributed by atoms with Gasteiger partial charge >= 0.3 is 0 Å². The van der Waals surface area contributed by atoms with E-state index in [0.29, 0.717) is 27.3 Å². The lowest BCUT2D eigenvalue weighted by Crippen LogP contribution is -2.28. The molecule has 2 amide bonds. The first-order valence-electron chi connectivity index (χ1n) is 9.95. The summed E-state index contributed by atoms with van der Waals surface area (Å²) >= 11 is 8.76. The number of nitrogens with one attached hydrogen (secondary N) is 1. The van der Waals surface area contributed by atoms with Crippen molar-refractivity contribution in [3.63, 3.8) is 0 Å². The van der Waals surface area contributed by atoms with Gasteiger partial charge < -0.3 is 14.8 Å². The van der Waals surface area contributed by atoms with Crippen LogP contribution in [0, 0.1) is 10.5 Å². The second-order valence-corrected chi connectivity index (χ2v) is 9.86. The average molecular weight is 582 g/mol. The number of thioether (sulfide) groups is 1. The molecule has 1 fully saturated rings. The van der Waals surface area contributed by atoms with Crippen LogP contribution in [0.15, 0.2) is 41.3 Å². The minimum atomic E-state index is -0.263. The first kappa shape index (κ1) is 24.5. The molecule has 1 aliphatic heterocycles. The van der Waals surface area contributed by atoms with Gasteiger partial charge in [0.25, 0.3) is 11.8 Å². The predicted octanol–water partition coefficient (Wildman–Crippen LogP) is 5.24. The molecule has 0 aliphatic carbocycles. The number of amides is 2. The van der Waals surface area contributed by atoms with Crippen LogP contribution in [0.1, 0.15) is 24.5 Å². The van der Waals surface area contributed by atoms with Crippen molar-refractivity contribution >= 4 is 74.5 Å². The van der Waals surface area contributed by atoms with Crippen molar-refractivity contribution in [2.75, 3.05) is 25.6 Å². The van der Waals surface area contributed by atoms with Crippen molar-refractivity contribution in [3.05, 3.63) is 56.0 Å². The molecule has 1 N–H and O–H groups in total. The molecule has 2 aromatic carbocycles. The highest BCUT2D eigenvalue weighted by molar-refractivity contribution is 14.1. The summed E-state index contributed by atoms with van der Waals surface area (Å²) in [7, 11) is 1.54. The van der Waals surface area contributed by atoms with Gasteiger partial charge in [-0.2, -0.15) is 0 Å². The molecule has 1 heterocycles. The van der Waals surface area contributed by atoms with Crippen LogP contribution in [-0.4, -0.2) is 41.3 Å². The topological polar surface area (TPSA) is 67.9 Å². The SMILES string of the molecule is CCCN1C(=O)/C(=C/c2cc(I)c(OCC(=O)Nc3ccccc3C)c(OC)c2)SC1=S. The lowest BCUT2D eigenvalue weighted by Gasteiger charge is -2.14. The van der Waals surface area contributed by atoms with Crippen molar-refractivity contribution in [1.82, 2.24) is 4.90 Å². The van der Waals surface area contributed by atoms with Gasteiger partial charge in [0.1, 0.15) is 4.32 Å². The number of para-hydroxylation sites is 1. The van der Waals surface area contributed by atoms with Crippen LogP contribution in [0.4, 0.5) is 5.69 Å². The number of hydrogen-bond acceptors (Lipinski definition) is 6. The fourth-order valence-corrected chi connectivity index (χ4v) is 5.16. The summed E-state index contributed by atoms with van der Waals surface area (Å²) in [5.41, 5.74) is 2.51. The minimum Gasteiger partial charge on any atom is -0.493 e. The number of hydrogen-bond donors (Lipinski definition) is 1. The van der Waals surface area contributed by atoms with Gasteiger partial charge in [0.2, 0.25) is 0 Å². The maximum absolute atomic E-state index is 12.6. The van der Waals surface area contributed by atoms with Gasteiger partial charge in [0, 0.05) is 12.2 Å². The molecule has 1 saturated heterocycles. The Morgan fingerprint density at radius 3 is 2.75 bits per heavy atom. The number of methoxy groups -OCH3 is 1. The Morgan fingerprint density at radius 2 is 2.06 bits per heavy atom. The van der Waals surface area contributed by atoms with Crippen molar-refractivity contribution < 1.29 is 19.1 Å². The normalized spacial score (nSPS) is 14.8. The zero-order valence-corrected chi connectivity index (χ0v) is 21.7. The molecular weight excluding hydrogens is 559 g/mol. The second-order valence-electron chi connectivity index (χ2n) is 7.02. The van der Waals surface area contributed by atoms with Crippen molar-refractivity contribution in [2.45, 2.75) is 20.3 Å². The van der Waals surface area contributed by atoms with E-state index in [1.807, 2.05) is 44.2 Å². The molecule has 9 heteroatoms.